The van der Waals surface area contributed by atoms with Crippen LogP contribution in [0.5, 0.6) is 0 Å². The highest BCUT2D eigenvalue weighted by molar-refractivity contribution is 6.89. The van der Waals surface area contributed by atoms with E-state index >= 15 is 0 Å². The van der Waals surface area contributed by atoms with Gasteiger partial charge in [0.05, 0.1) is 0 Å². The van der Waals surface area contributed by atoms with Crippen LogP contribution in [0.15, 0.2) is 4.30 Å². The molecule has 0 radical (unpaired) electrons. The van der Waals surface area contributed by atoms with Crippen molar-refractivity contribution in [3.63, 3.8) is 0 Å². The fourth-order valence-corrected chi connectivity index (χ4v) is 14.8. The van der Waals surface area contributed by atoms with Gasteiger partial charge < -0.3 is 12.8 Å². The molecule has 1 atom stereocenters. The first-order valence-corrected chi connectivity index (χ1v) is 11.4. The number of nitrogens with zero attached hydrogens (tertiary/aromatic N) is 3. The van der Waals surface area contributed by atoms with Crippen LogP contribution in [0.1, 0.15) is 0 Å². The van der Waals surface area contributed by atoms with Crippen molar-refractivity contribution in [2.24, 2.45) is 4.30 Å². The molecule has 0 amide bonds. The first-order valence-electron chi connectivity index (χ1n) is 4.38. The molecule has 0 aromatic carbocycles. The first-order chi connectivity index (χ1) is 5.37. The van der Waals surface area contributed by atoms with Crippen LogP contribution >= 0.6 is 0 Å². The number of hydrogen-bond donors (Lipinski definition) is 0. The summed E-state index contributed by atoms with van der Waals surface area (Å²) < 4.78 is 10.0. The predicted octanol–water partition coefficient (Wildman–Crippen LogP) is 0.802. The van der Waals surface area contributed by atoms with E-state index < -0.39 is 26.3 Å². The lowest BCUT2D eigenvalue weighted by Crippen LogP contribution is -2.67. The second-order valence-corrected chi connectivity index (χ2v) is 14.1. The van der Waals surface area contributed by atoms with Gasteiger partial charge in [0, 0.05) is 0 Å². The van der Waals surface area contributed by atoms with Gasteiger partial charge in [0.2, 0.25) is 26.3 Å². The lowest BCUT2D eigenvalue weighted by molar-refractivity contribution is 0.628. The third-order valence-electron chi connectivity index (χ3n) is 3.10. The minimum absolute atomic E-state index is 0.518. The molecule has 0 spiro atoms. The van der Waals surface area contributed by atoms with Crippen molar-refractivity contribution in [3.8, 4) is 0 Å². The van der Waals surface area contributed by atoms with Crippen LogP contribution in [0.25, 0.3) is 0 Å². The van der Waals surface area contributed by atoms with Crippen LogP contribution in [0.3, 0.4) is 0 Å². The van der Waals surface area contributed by atoms with Crippen LogP contribution < -0.4 is 0 Å². The van der Waals surface area contributed by atoms with Crippen molar-refractivity contribution in [1.29, 1.82) is 0 Å². The highest BCUT2D eigenvalue weighted by Gasteiger charge is 2.39. The Kier molecular flexibility index (Phi) is 2.72. The van der Waals surface area contributed by atoms with Gasteiger partial charge >= 0.3 is 0 Å². The second-order valence-electron chi connectivity index (χ2n) is 3.97. The molecular formula is C6H19N3Si3. The fourth-order valence-electron chi connectivity index (χ4n) is 1.53. The average Bonchev–Trinajstić information content (AvgIpc) is 1.99. The molecule has 1 aliphatic heterocycles. The Hall–Kier alpha value is 0.211. The number of hydrogen-bond acceptors (Lipinski definition) is 3. The third kappa shape index (κ3) is 1.48. The van der Waals surface area contributed by atoms with Gasteiger partial charge in [-0.15, -0.1) is 0 Å². The molecular weight excluding hydrogens is 198 g/mol. The van der Waals surface area contributed by atoms with Gasteiger partial charge in [-0.2, -0.15) is 0 Å². The normalized spacial score (nSPS) is 30.3. The Bertz CT molecular complexity index is 216. The lowest BCUT2D eigenvalue weighted by Gasteiger charge is -2.47. The molecule has 1 rings (SSSR count). The van der Waals surface area contributed by atoms with Gasteiger partial charge in [0.1, 0.15) is 0 Å². The molecule has 1 aliphatic rings. The van der Waals surface area contributed by atoms with Crippen LogP contribution in [0.2, 0.25) is 26.2 Å². The predicted molar refractivity (Wildman–Crippen MR) is 60.1 cm³/mol. The molecule has 0 bridgehead atoms. The summed E-state index contributed by atoms with van der Waals surface area (Å²) in [6, 6.07) is 0. The maximum Gasteiger partial charge on any atom is 0.221 e. The van der Waals surface area contributed by atoms with Gasteiger partial charge in [0.25, 0.3) is 0 Å². The zero-order valence-corrected chi connectivity index (χ0v) is 12.1. The van der Waals surface area contributed by atoms with Gasteiger partial charge in [-0.1, -0.05) is 0 Å². The van der Waals surface area contributed by atoms with Gasteiger partial charge in [-0.3, -0.25) is 0 Å². The summed E-state index contributed by atoms with van der Waals surface area (Å²) in [4.78, 5) is 0. The molecule has 0 aliphatic carbocycles. The minimum Gasteiger partial charge on any atom is -0.412 e. The Morgan fingerprint density at radius 3 is 2.33 bits per heavy atom. The summed E-state index contributed by atoms with van der Waals surface area (Å²) in [5.41, 5.74) is 0. The molecule has 1 heterocycles. The van der Waals surface area contributed by atoms with E-state index in [1.54, 1.807) is 0 Å². The summed E-state index contributed by atoms with van der Waals surface area (Å²) in [5.74, 6) is 0. The van der Waals surface area contributed by atoms with E-state index in [2.05, 4.69) is 48.7 Å². The molecule has 3 nitrogen and oxygen atoms in total. The van der Waals surface area contributed by atoms with E-state index in [4.69, 9.17) is 4.30 Å². The van der Waals surface area contributed by atoms with Crippen LogP contribution in [-0.4, -0.2) is 48.8 Å². The maximum atomic E-state index is 4.87. The van der Waals surface area contributed by atoms with E-state index in [9.17, 15) is 0 Å². The molecule has 0 fully saturated rings. The van der Waals surface area contributed by atoms with Crippen molar-refractivity contribution >= 4 is 26.3 Å². The topological polar surface area (TPSA) is 18.8 Å². The summed E-state index contributed by atoms with van der Waals surface area (Å²) in [6.07, 6.45) is 0. The van der Waals surface area contributed by atoms with Crippen molar-refractivity contribution < 1.29 is 0 Å². The van der Waals surface area contributed by atoms with Gasteiger partial charge in [0.15, 0.2) is 0 Å². The largest absolute Gasteiger partial charge is 0.412 e. The van der Waals surface area contributed by atoms with Crippen LogP contribution in [0, 0.1) is 0 Å². The monoisotopic (exact) mass is 217 g/mol. The van der Waals surface area contributed by atoms with Crippen molar-refractivity contribution in [2.75, 3.05) is 14.1 Å². The summed E-state index contributed by atoms with van der Waals surface area (Å²) in [7, 11) is 1.86. The molecule has 6 heteroatoms. The molecule has 0 N–H and O–H groups in total. The molecule has 0 aromatic heterocycles. The standard InChI is InChI=1S/C6H19N3Si3/c1-8-10(3)7-11(4)9(2)12(8,5)6/h10H,1-6H3. The van der Waals surface area contributed by atoms with Crippen molar-refractivity contribution in [2.45, 2.75) is 26.2 Å². The SMILES string of the molecule is CN1[Si](C)=N[SiH](C)N(C)[Si]1(C)C. The van der Waals surface area contributed by atoms with Crippen molar-refractivity contribution in [1.82, 2.24) is 8.46 Å². The lowest BCUT2D eigenvalue weighted by atomic mass is 11.6. The van der Waals surface area contributed by atoms with Gasteiger partial charge in [-0.25, -0.2) is 0 Å². The minimum atomic E-state index is -1.24. The Balaban J connectivity index is 3.00. The zero-order chi connectivity index (χ0) is 9.52. The zero-order valence-electron chi connectivity index (χ0n) is 8.92. The molecule has 0 saturated carbocycles. The average molecular weight is 217 g/mol. The van der Waals surface area contributed by atoms with E-state index in [1.165, 1.54) is 0 Å². The summed E-state index contributed by atoms with van der Waals surface area (Å²) >= 11 is 0. The van der Waals surface area contributed by atoms with Crippen LogP contribution in [-0.2, 0) is 0 Å². The first kappa shape index (κ1) is 10.3. The molecule has 70 valence electrons. The highest BCUT2D eigenvalue weighted by Crippen LogP contribution is 2.18. The Morgan fingerprint density at radius 1 is 1.33 bits per heavy atom. The van der Waals surface area contributed by atoms with E-state index in [0.717, 1.165) is 0 Å². The fraction of sp³-hybridized carbons (Fsp3) is 1.00. The molecule has 0 aromatic rings. The molecule has 12 heavy (non-hydrogen) atoms. The highest BCUT2D eigenvalue weighted by atomic mass is 28.4. The van der Waals surface area contributed by atoms with E-state index in [0.29, 0.717) is 0 Å². The van der Waals surface area contributed by atoms with E-state index in [1.807, 2.05) is 0 Å². The summed E-state index contributed by atoms with van der Waals surface area (Å²) in [6.45, 7) is 9.52. The molecule has 1 unspecified atom stereocenters. The third-order valence-corrected chi connectivity index (χ3v) is 17.2. The Morgan fingerprint density at radius 2 is 1.83 bits per heavy atom. The van der Waals surface area contributed by atoms with E-state index in [-0.39, 0.29) is 0 Å². The van der Waals surface area contributed by atoms with Crippen molar-refractivity contribution in [3.05, 3.63) is 0 Å². The number of rotatable bonds is 0. The summed E-state index contributed by atoms with van der Waals surface area (Å²) in [5, 5.41) is 0. The quantitative estimate of drug-likeness (QED) is 0.559. The maximum absolute atomic E-state index is 4.87. The molecule has 0 saturated heterocycles. The Labute approximate surface area is 79.7 Å². The van der Waals surface area contributed by atoms with Gasteiger partial charge in [-0.05, 0) is 40.3 Å². The smallest absolute Gasteiger partial charge is 0.221 e. The second kappa shape index (κ2) is 3.17. The van der Waals surface area contributed by atoms with Crippen LogP contribution in [0.4, 0.5) is 0 Å².